The number of benzene rings is 1. The molecule has 1 aromatic rings. The Balaban J connectivity index is 2.10. The molecule has 1 aliphatic rings. The van der Waals surface area contributed by atoms with Crippen LogP contribution >= 0.6 is 0 Å². The quantitative estimate of drug-likeness (QED) is 0.752. The third-order valence-electron chi connectivity index (χ3n) is 3.67. The fraction of sp³-hybridized carbons (Fsp3) is 0.500. The molecule has 1 heterocycles. The molecule has 1 atom stereocenters. The van der Waals surface area contributed by atoms with E-state index in [0.29, 0.717) is 23.6 Å². The van der Waals surface area contributed by atoms with E-state index in [1.807, 2.05) is 0 Å². The number of sulfonamides is 1. The van der Waals surface area contributed by atoms with Crippen molar-refractivity contribution in [3.8, 4) is 0 Å². The molecule has 6 nitrogen and oxygen atoms in total. The van der Waals surface area contributed by atoms with Gasteiger partial charge < -0.3 is 10.6 Å². The fourth-order valence-corrected chi connectivity index (χ4v) is 3.43. The molecule has 0 aromatic heterocycles. The standard InChI is InChI=1S/C14H21N3O3S/c1-10-3-4-12(8-13(10)21(19,20)15-2)17-14(18)7-11-5-6-16-9-11/h3-4,8,11,15-16H,5-7,9H2,1-2H3,(H,17,18). The second-order valence-corrected chi connectivity index (χ2v) is 7.15. The number of rotatable bonds is 5. The lowest BCUT2D eigenvalue weighted by molar-refractivity contribution is -0.116. The van der Waals surface area contributed by atoms with Crippen molar-refractivity contribution in [2.45, 2.75) is 24.7 Å². The van der Waals surface area contributed by atoms with Crippen molar-refractivity contribution in [1.29, 1.82) is 0 Å². The van der Waals surface area contributed by atoms with Gasteiger partial charge in [0.25, 0.3) is 0 Å². The minimum atomic E-state index is -3.52. The zero-order valence-corrected chi connectivity index (χ0v) is 13.1. The maximum absolute atomic E-state index is 12.0. The van der Waals surface area contributed by atoms with Crippen LogP contribution in [0.3, 0.4) is 0 Å². The van der Waals surface area contributed by atoms with E-state index in [0.717, 1.165) is 19.5 Å². The third-order valence-corrected chi connectivity index (χ3v) is 5.22. The van der Waals surface area contributed by atoms with Gasteiger partial charge in [-0.2, -0.15) is 0 Å². The Bertz CT molecular complexity index is 622. The predicted molar refractivity (Wildman–Crippen MR) is 81.6 cm³/mol. The van der Waals surface area contributed by atoms with Gasteiger partial charge in [-0.3, -0.25) is 4.79 Å². The Morgan fingerprint density at radius 1 is 1.43 bits per heavy atom. The summed E-state index contributed by atoms with van der Waals surface area (Å²) in [5, 5.41) is 5.99. The van der Waals surface area contributed by atoms with Crippen LogP contribution in [0.5, 0.6) is 0 Å². The van der Waals surface area contributed by atoms with Crippen LogP contribution in [-0.2, 0) is 14.8 Å². The minimum absolute atomic E-state index is 0.0830. The van der Waals surface area contributed by atoms with E-state index in [1.54, 1.807) is 19.1 Å². The Hall–Kier alpha value is -1.44. The highest BCUT2D eigenvalue weighted by Crippen LogP contribution is 2.21. The van der Waals surface area contributed by atoms with E-state index in [-0.39, 0.29) is 10.8 Å². The highest BCUT2D eigenvalue weighted by atomic mass is 32.2. The van der Waals surface area contributed by atoms with E-state index >= 15 is 0 Å². The first-order valence-corrected chi connectivity index (χ1v) is 8.45. The molecule has 116 valence electrons. The number of carbonyl (C=O) groups excluding carboxylic acids is 1. The molecule has 0 bridgehead atoms. The summed E-state index contributed by atoms with van der Waals surface area (Å²) in [6, 6.07) is 4.90. The molecule has 1 unspecified atom stereocenters. The molecule has 0 aliphatic carbocycles. The molecule has 1 aliphatic heterocycles. The van der Waals surface area contributed by atoms with Gasteiger partial charge in [-0.1, -0.05) is 6.07 Å². The number of carbonyl (C=O) groups is 1. The van der Waals surface area contributed by atoms with Crippen molar-refractivity contribution in [2.75, 3.05) is 25.5 Å². The number of amides is 1. The predicted octanol–water partition coefficient (Wildman–Crippen LogP) is 0.841. The molecule has 21 heavy (non-hydrogen) atoms. The van der Waals surface area contributed by atoms with Crippen molar-refractivity contribution >= 4 is 21.6 Å². The molecular formula is C14H21N3O3S. The summed E-state index contributed by atoms with van der Waals surface area (Å²) in [5.41, 5.74) is 1.15. The maximum atomic E-state index is 12.0. The van der Waals surface area contributed by atoms with Crippen LogP contribution in [0.4, 0.5) is 5.69 Å². The first-order chi connectivity index (χ1) is 9.92. The monoisotopic (exact) mass is 311 g/mol. The largest absolute Gasteiger partial charge is 0.326 e. The van der Waals surface area contributed by atoms with Crippen LogP contribution in [-0.4, -0.2) is 34.5 Å². The van der Waals surface area contributed by atoms with Gasteiger partial charge in [-0.25, -0.2) is 13.1 Å². The van der Waals surface area contributed by atoms with Crippen LogP contribution in [0.1, 0.15) is 18.4 Å². The van der Waals surface area contributed by atoms with Gasteiger partial charge in [0.15, 0.2) is 0 Å². The molecule has 1 amide bonds. The molecule has 3 N–H and O–H groups in total. The zero-order valence-electron chi connectivity index (χ0n) is 12.3. The van der Waals surface area contributed by atoms with Gasteiger partial charge in [0, 0.05) is 12.1 Å². The van der Waals surface area contributed by atoms with Gasteiger partial charge in [-0.15, -0.1) is 0 Å². The SMILES string of the molecule is CNS(=O)(=O)c1cc(NC(=O)CC2CCNC2)ccc1C. The lowest BCUT2D eigenvalue weighted by atomic mass is 10.0. The lowest BCUT2D eigenvalue weighted by Gasteiger charge is -2.12. The van der Waals surface area contributed by atoms with E-state index in [4.69, 9.17) is 0 Å². The van der Waals surface area contributed by atoms with Crippen molar-refractivity contribution in [3.05, 3.63) is 23.8 Å². The Kier molecular flexibility index (Phi) is 4.97. The van der Waals surface area contributed by atoms with Gasteiger partial charge in [0.2, 0.25) is 15.9 Å². The smallest absolute Gasteiger partial charge is 0.240 e. The highest BCUT2D eigenvalue weighted by Gasteiger charge is 2.19. The molecule has 0 spiro atoms. The second-order valence-electron chi connectivity index (χ2n) is 5.30. The van der Waals surface area contributed by atoms with Crippen LogP contribution < -0.4 is 15.4 Å². The summed E-state index contributed by atoms with van der Waals surface area (Å²) < 4.78 is 26.1. The Morgan fingerprint density at radius 3 is 2.81 bits per heavy atom. The van der Waals surface area contributed by atoms with E-state index < -0.39 is 10.0 Å². The molecular weight excluding hydrogens is 290 g/mol. The second kappa shape index (κ2) is 6.55. The Morgan fingerprint density at radius 2 is 2.19 bits per heavy atom. The van der Waals surface area contributed by atoms with Crippen LogP contribution in [0, 0.1) is 12.8 Å². The van der Waals surface area contributed by atoms with Crippen LogP contribution in [0.15, 0.2) is 23.1 Å². The lowest BCUT2D eigenvalue weighted by Crippen LogP contribution is -2.21. The van der Waals surface area contributed by atoms with Gasteiger partial charge in [0.1, 0.15) is 0 Å². The van der Waals surface area contributed by atoms with E-state index in [1.165, 1.54) is 13.1 Å². The molecule has 0 saturated carbocycles. The first-order valence-electron chi connectivity index (χ1n) is 6.97. The number of hydrogen-bond acceptors (Lipinski definition) is 4. The summed E-state index contributed by atoms with van der Waals surface area (Å²) in [6.07, 6.45) is 1.45. The van der Waals surface area contributed by atoms with Gasteiger partial charge in [-0.05, 0) is 57.1 Å². The van der Waals surface area contributed by atoms with Crippen molar-refractivity contribution < 1.29 is 13.2 Å². The minimum Gasteiger partial charge on any atom is -0.326 e. The average molecular weight is 311 g/mol. The van der Waals surface area contributed by atoms with E-state index in [9.17, 15) is 13.2 Å². The van der Waals surface area contributed by atoms with Crippen LogP contribution in [0.25, 0.3) is 0 Å². The van der Waals surface area contributed by atoms with Crippen molar-refractivity contribution in [3.63, 3.8) is 0 Å². The topological polar surface area (TPSA) is 87.3 Å². The molecule has 2 rings (SSSR count). The average Bonchev–Trinajstić information content (AvgIpc) is 2.93. The third kappa shape index (κ3) is 4.03. The Labute approximate surface area is 125 Å². The molecule has 1 aromatic carbocycles. The molecule has 7 heteroatoms. The molecule has 1 saturated heterocycles. The van der Waals surface area contributed by atoms with Gasteiger partial charge >= 0.3 is 0 Å². The van der Waals surface area contributed by atoms with Crippen LogP contribution in [0.2, 0.25) is 0 Å². The molecule has 0 radical (unpaired) electrons. The zero-order chi connectivity index (χ0) is 15.5. The summed E-state index contributed by atoms with van der Waals surface area (Å²) in [5.74, 6) is 0.274. The summed E-state index contributed by atoms with van der Waals surface area (Å²) in [6.45, 7) is 3.54. The molecule has 1 fully saturated rings. The number of nitrogens with one attached hydrogen (secondary N) is 3. The van der Waals surface area contributed by atoms with Gasteiger partial charge in [0.05, 0.1) is 4.90 Å². The first kappa shape index (κ1) is 15.9. The number of hydrogen-bond donors (Lipinski definition) is 3. The summed E-state index contributed by atoms with van der Waals surface area (Å²) in [4.78, 5) is 12.2. The highest BCUT2D eigenvalue weighted by molar-refractivity contribution is 7.89. The number of anilines is 1. The summed E-state index contributed by atoms with van der Waals surface area (Å²) >= 11 is 0. The summed E-state index contributed by atoms with van der Waals surface area (Å²) in [7, 11) is -2.15. The maximum Gasteiger partial charge on any atom is 0.240 e. The van der Waals surface area contributed by atoms with Crippen molar-refractivity contribution in [1.82, 2.24) is 10.0 Å². The fourth-order valence-electron chi connectivity index (χ4n) is 2.44. The van der Waals surface area contributed by atoms with E-state index in [2.05, 4.69) is 15.4 Å². The van der Waals surface area contributed by atoms with Crippen molar-refractivity contribution in [2.24, 2.45) is 5.92 Å². The normalized spacial score (nSPS) is 18.7. The number of aryl methyl sites for hydroxylation is 1.